The quantitative estimate of drug-likeness (QED) is 0.206. The predicted molar refractivity (Wildman–Crippen MR) is 171 cm³/mol. The number of allylic oxidation sites excluding steroid dienone is 3. The Hall–Kier alpha value is -3.14. The van der Waals surface area contributed by atoms with Crippen LogP contribution in [0.25, 0.3) is 0 Å². The molecule has 2 aromatic carbocycles. The molecule has 43 heavy (non-hydrogen) atoms. The van der Waals surface area contributed by atoms with Crippen LogP contribution in [-0.4, -0.2) is 35.5 Å². The van der Waals surface area contributed by atoms with Crippen molar-refractivity contribution in [1.29, 1.82) is 0 Å². The summed E-state index contributed by atoms with van der Waals surface area (Å²) in [5.74, 6) is 0.906. The molecule has 232 valence electrons. The van der Waals surface area contributed by atoms with E-state index in [0.29, 0.717) is 37.0 Å². The highest BCUT2D eigenvalue weighted by Crippen LogP contribution is 2.46. The van der Waals surface area contributed by atoms with Crippen molar-refractivity contribution < 1.29 is 22.6 Å². The van der Waals surface area contributed by atoms with E-state index < -0.39 is 17.5 Å². The molecule has 2 aliphatic heterocycles. The molecule has 5 rings (SSSR count). The summed E-state index contributed by atoms with van der Waals surface area (Å²) in [5, 5.41) is 0.0122. The van der Waals surface area contributed by atoms with Gasteiger partial charge in [0, 0.05) is 49.8 Å². The fourth-order valence-electron chi connectivity index (χ4n) is 4.17. The molecule has 3 aromatic rings. The lowest BCUT2D eigenvalue weighted by molar-refractivity contribution is -0.137. The fraction of sp³-hybridized carbons (Fsp3) is 0.364. The molecule has 0 spiro atoms. The van der Waals surface area contributed by atoms with Crippen molar-refractivity contribution in [2.45, 2.75) is 57.4 Å². The summed E-state index contributed by atoms with van der Waals surface area (Å²) >= 11 is 7.78. The van der Waals surface area contributed by atoms with E-state index in [2.05, 4.69) is 22.8 Å². The second-order valence-corrected chi connectivity index (χ2v) is 11.5. The van der Waals surface area contributed by atoms with Crippen molar-refractivity contribution in [1.82, 2.24) is 9.29 Å². The van der Waals surface area contributed by atoms with Crippen LogP contribution in [0.2, 0.25) is 5.02 Å². The molecule has 0 amide bonds. The van der Waals surface area contributed by atoms with Crippen LogP contribution in [0, 0.1) is 0 Å². The molecule has 3 heterocycles. The number of aromatic nitrogens is 1. The van der Waals surface area contributed by atoms with Crippen LogP contribution in [0.4, 0.5) is 19.0 Å². The van der Waals surface area contributed by atoms with E-state index in [0.717, 1.165) is 42.1 Å². The SMILES string of the molecule is C/C=C\C.C=CCC.CC1(c2ccccc2)Oc2ccc(SN3CCCN(c4ncc(C(F)(F)F)cc4Cl)CC3)cc2O1. The van der Waals surface area contributed by atoms with E-state index in [1.165, 1.54) is 0 Å². The average Bonchev–Trinajstić information content (AvgIpc) is 3.18. The highest BCUT2D eigenvalue weighted by atomic mass is 35.5. The molecule has 1 atom stereocenters. The van der Waals surface area contributed by atoms with Gasteiger partial charge in [-0.15, -0.1) is 6.58 Å². The van der Waals surface area contributed by atoms with Gasteiger partial charge in [0.05, 0.1) is 10.6 Å². The maximum absolute atomic E-state index is 12.9. The number of benzene rings is 2. The van der Waals surface area contributed by atoms with Gasteiger partial charge in [0.1, 0.15) is 5.82 Å². The molecule has 0 radical (unpaired) electrons. The van der Waals surface area contributed by atoms with Crippen molar-refractivity contribution >= 4 is 29.4 Å². The molecular formula is C33H39ClF3N3O2S. The first kappa shape index (κ1) is 34.4. The number of fused-ring (bicyclic) bond motifs is 1. The number of halogens is 4. The highest BCUT2D eigenvalue weighted by molar-refractivity contribution is 7.97. The number of ether oxygens (including phenoxy) is 2. The van der Waals surface area contributed by atoms with Crippen LogP contribution in [0.3, 0.4) is 0 Å². The Bertz CT molecular complexity index is 1350. The first-order chi connectivity index (χ1) is 20.5. The van der Waals surface area contributed by atoms with Gasteiger partial charge < -0.3 is 14.4 Å². The Balaban J connectivity index is 0.000000566. The van der Waals surface area contributed by atoms with Crippen molar-refractivity contribution in [3.05, 3.63) is 102 Å². The van der Waals surface area contributed by atoms with Gasteiger partial charge >= 0.3 is 6.18 Å². The molecule has 10 heteroatoms. The van der Waals surface area contributed by atoms with Gasteiger partial charge in [0.15, 0.2) is 11.5 Å². The van der Waals surface area contributed by atoms with Crippen LogP contribution < -0.4 is 14.4 Å². The lowest BCUT2D eigenvalue weighted by Crippen LogP contribution is -2.31. The van der Waals surface area contributed by atoms with Crippen LogP contribution in [-0.2, 0) is 12.0 Å². The minimum atomic E-state index is -4.47. The Morgan fingerprint density at radius 2 is 1.67 bits per heavy atom. The fourth-order valence-corrected chi connectivity index (χ4v) is 5.44. The number of hydrogen-bond donors (Lipinski definition) is 0. The second-order valence-electron chi connectivity index (χ2n) is 9.88. The molecular weight excluding hydrogens is 595 g/mol. The molecule has 0 N–H and O–H groups in total. The zero-order valence-corrected chi connectivity index (χ0v) is 26.6. The van der Waals surface area contributed by atoms with Gasteiger partial charge in [0.2, 0.25) is 0 Å². The van der Waals surface area contributed by atoms with Gasteiger partial charge in [-0.2, -0.15) is 13.2 Å². The molecule has 5 nitrogen and oxygen atoms in total. The number of hydrogen-bond acceptors (Lipinski definition) is 6. The summed E-state index contributed by atoms with van der Waals surface area (Å²) in [6.45, 7) is 14.2. The van der Waals surface area contributed by atoms with E-state index in [-0.39, 0.29) is 5.02 Å². The van der Waals surface area contributed by atoms with E-state index in [4.69, 9.17) is 21.1 Å². The summed E-state index contributed by atoms with van der Waals surface area (Å²) in [6, 6.07) is 16.6. The van der Waals surface area contributed by atoms with Crippen LogP contribution >= 0.6 is 23.5 Å². The number of nitrogens with zero attached hydrogens (tertiary/aromatic N) is 3. The summed E-state index contributed by atoms with van der Waals surface area (Å²) in [6.07, 6.45) is 4.15. The largest absolute Gasteiger partial charge is 0.445 e. The summed E-state index contributed by atoms with van der Waals surface area (Å²) in [4.78, 5) is 6.97. The van der Waals surface area contributed by atoms with E-state index in [1.54, 1.807) is 11.9 Å². The predicted octanol–water partition coefficient (Wildman–Crippen LogP) is 9.78. The van der Waals surface area contributed by atoms with Gasteiger partial charge in [-0.1, -0.05) is 67.1 Å². The normalized spacial score (nSPS) is 18.3. The molecule has 2 aliphatic rings. The van der Waals surface area contributed by atoms with E-state index in [1.807, 2.05) is 92.4 Å². The van der Waals surface area contributed by atoms with Gasteiger partial charge in [-0.25, -0.2) is 9.29 Å². The molecule has 0 bridgehead atoms. The van der Waals surface area contributed by atoms with Crippen LogP contribution in [0.15, 0.2) is 90.5 Å². The Kier molecular flexibility index (Phi) is 12.8. The minimum absolute atomic E-state index is 0.0122. The highest BCUT2D eigenvalue weighted by Gasteiger charge is 2.39. The number of anilines is 1. The van der Waals surface area contributed by atoms with Gasteiger partial charge in [-0.3, -0.25) is 0 Å². The Labute approximate surface area is 262 Å². The van der Waals surface area contributed by atoms with E-state index in [9.17, 15) is 13.2 Å². The standard InChI is InChI=1S/C25H23ClF3N3O2S.2C4H8/c1-24(17-6-3-2-4-7-17)33-21-9-8-19(15-22(21)34-24)35-32-11-5-10-31(12-13-32)23-20(26)14-18(16-30-23)25(27,28)29;2*1-3-4-2/h2-4,6-9,14-16H,5,10-13H2,1H3;3-4H,1-2H3;3H,1,4H2,2H3/b;4-3-;. The average molecular weight is 634 g/mol. The smallest absolute Gasteiger partial charge is 0.417 e. The van der Waals surface area contributed by atoms with Crippen molar-refractivity contribution in [2.24, 2.45) is 0 Å². The zero-order valence-electron chi connectivity index (χ0n) is 25.0. The molecule has 0 aliphatic carbocycles. The first-order valence-corrected chi connectivity index (χ1v) is 15.4. The van der Waals surface area contributed by atoms with Crippen molar-refractivity contribution in [3.8, 4) is 11.5 Å². The zero-order chi connectivity index (χ0) is 31.5. The van der Waals surface area contributed by atoms with Crippen LogP contribution in [0.5, 0.6) is 11.5 Å². The third-order valence-corrected chi connectivity index (χ3v) is 7.95. The molecule has 1 saturated heterocycles. The lowest BCUT2D eigenvalue weighted by Gasteiger charge is -2.23. The number of pyridine rings is 1. The van der Waals surface area contributed by atoms with Gasteiger partial charge in [-0.05, 0) is 62.9 Å². The molecule has 1 fully saturated rings. The second kappa shape index (κ2) is 16.1. The monoisotopic (exact) mass is 633 g/mol. The summed E-state index contributed by atoms with van der Waals surface area (Å²) in [5.41, 5.74) is 0.0953. The van der Waals surface area contributed by atoms with Gasteiger partial charge in [0.25, 0.3) is 5.79 Å². The third-order valence-electron chi connectivity index (χ3n) is 6.58. The molecule has 1 aromatic heterocycles. The Morgan fingerprint density at radius 3 is 2.28 bits per heavy atom. The van der Waals surface area contributed by atoms with Crippen LogP contribution in [0.1, 0.15) is 51.7 Å². The number of alkyl halides is 3. The van der Waals surface area contributed by atoms with Crippen molar-refractivity contribution in [3.63, 3.8) is 0 Å². The molecule has 1 unspecified atom stereocenters. The molecule has 0 saturated carbocycles. The lowest BCUT2D eigenvalue weighted by atomic mass is 10.1. The van der Waals surface area contributed by atoms with E-state index >= 15 is 0 Å². The maximum atomic E-state index is 12.9. The summed E-state index contributed by atoms with van der Waals surface area (Å²) in [7, 11) is 0. The Morgan fingerprint density at radius 1 is 1.00 bits per heavy atom. The maximum Gasteiger partial charge on any atom is 0.417 e. The topological polar surface area (TPSA) is 37.8 Å². The third kappa shape index (κ3) is 9.68. The van der Waals surface area contributed by atoms with Crippen molar-refractivity contribution in [2.75, 3.05) is 31.1 Å². The minimum Gasteiger partial charge on any atom is -0.445 e. The summed E-state index contributed by atoms with van der Waals surface area (Å²) < 4.78 is 53.3. The first-order valence-electron chi connectivity index (χ1n) is 14.2. The number of rotatable bonds is 5.